The second kappa shape index (κ2) is 4.69. The average Bonchev–Trinajstić information content (AvgIpc) is 2.84. The molecule has 92 valence electrons. The first-order valence-electron chi connectivity index (χ1n) is 5.52. The second-order valence-electron chi connectivity index (χ2n) is 4.06. The molecule has 0 aliphatic carbocycles. The molecule has 0 saturated heterocycles. The van der Waals surface area contributed by atoms with Crippen LogP contribution >= 0.6 is 27.5 Å². The molecule has 0 aliphatic heterocycles. The molecule has 2 aromatic carbocycles. The van der Waals surface area contributed by atoms with E-state index >= 15 is 0 Å². The van der Waals surface area contributed by atoms with Crippen LogP contribution in [0.25, 0.3) is 22.4 Å². The zero-order valence-electron chi connectivity index (χ0n) is 9.61. The third-order valence-electron chi connectivity index (χ3n) is 2.80. The maximum absolute atomic E-state index is 8.88. The number of hydrogen-bond acceptors (Lipinski definition) is 2. The topological polar surface area (TPSA) is 52.5 Å². The highest BCUT2D eigenvalue weighted by Gasteiger charge is 2.07. The van der Waals surface area contributed by atoms with Crippen molar-refractivity contribution in [1.29, 1.82) is 5.26 Å². The smallest absolute Gasteiger partial charge is 0.138 e. The van der Waals surface area contributed by atoms with Crippen molar-refractivity contribution in [3.8, 4) is 17.5 Å². The van der Waals surface area contributed by atoms with Gasteiger partial charge in [0.05, 0.1) is 27.7 Å². The number of halogens is 2. The predicted molar refractivity (Wildman–Crippen MR) is 79.0 cm³/mol. The van der Waals surface area contributed by atoms with E-state index < -0.39 is 0 Å². The Balaban J connectivity index is 2.15. The highest BCUT2D eigenvalue weighted by Crippen LogP contribution is 2.28. The van der Waals surface area contributed by atoms with Crippen molar-refractivity contribution in [1.82, 2.24) is 9.97 Å². The van der Waals surface area contributed by atoms with Gasteiger partial charge in [-0.3, -0.25) is 0 Å². The summed E-state index contributed by atoms with van der Waals surface area (Å²) < 4.78 is 0.848. The molecule has 1 N–H and O–H groups in total. The normalized spacial score (nSPS) is 10.6. The molecule has 5 heteroatoms. The molecule has 19 heavy (non-hydrogen) atoms. The van der Waals surface area contributed by atoms with Crippen LogP contribution in [0.1, 0.15) is 5.56 Å². The van der Waals surface area contributed by atoms with Gasteiger partial charge in [-0.05, 0) is 46.3 Å². The summed E-state index contributed by atoms with van der Waals surface area (Å²) in [6.07, 6.45) is 0. The number of nitrogens with one attached hydrogen (secondary N) is 1. The lowest BCUT2D eigenvalue weighted by molar-refractivity contribution is 1.33. The van der Waals surface area contributed by atoms with Crippen molar-refractivity contribution in [2.24, 2.45) is 0 Å². The van der Waals surface area contributed by atoms with E-state index in [0.717, 1.165) is 26.9 Å². The second-order valence-corrected chi connectivity index (χ2v) is 5.32. The molecule has 0 saturated carbocycles. The van der Waals surface area contributed by atoms with Gasteiger partial charge in [0, 0.05) is 10.0 Å². The Morgan fingerprint density at radius 2 is 2.05 bits per heavy atom. The van der Waals surface area contributed by atoms with Crippen LogP contribution in [0.5, 0.6) is 0 Å². The molecule has 3 aromatic rings. The van der Waals surface area contributed by atoms with Gasteiger partial charge in [0.1, 0.15) is 5.82 Å². The number of H-pyrrole nitrogens is 1. The Bertz CT molecular complexity index is 817. The Hall–Kier alpha value is -1.83. The summed E-state index contributed by atoms with van der Waals surface area (Å²) in [5, 5.41) is 9.52. The van der Waals surface area contributed by atoms with E-state index in [2.05, 4.69) is 32.0 Å². The maximum atomic E-state index is 8.88. The summed E-state index contributed by atoms with van der Waals surface area (Å²) >= 11 is 9.44. The van der Waals surface area contributed by atoms with Gasteiger partial charge < -0.3 is 4.98 Å². The summed E-state index contributed by atoms with van der Waals surface area (Å²) in [4.78, 5) is 7.69. The maximum Gasteiger partial charge on any atom is 0.138 e. The first-order valence-corrected chi connectivity index (χ1v) is 6.70. The van der Waals surface area contributed by atoms with E-state index in [4.69, 9.17) is 16.9 Å². The number of fused-ring (bicyclic) bond motifs is 1. The monoisotopic (exact) mass is 331 g/mol. The Kier molecular flexibility index (Phi) is 3.02. The Morgan fingerprint density at radius 3 is 2.79 bits per heavy atom. The highest BCUT2D eigenvalue weighted by molar-refractivity contribution is 9.10. The lowest BCUT2D eigenvalue weighted by atomic mass is 10.2. The highest BCUT2D eigenvalue weighted by atomic mass is 79.9. The predicted octanol–water partition coefficient (Wildman–Crippen LogP) is 4.52. The number of rotatable bonds is 1. The lowest BCUT2D eigenvalue weighted by Gasteiger charge is -1.99. The largest absolute Gasteiger partial charge is 0.338 e. The fourth-order valence-corrected chi connectivity index (χ4v) is 2.29. The summed E-state index contributed by atoms with van der Waals surface area (Å²) in [5.74, 6) is 0.736. The summed E-state index contributed by atoms with van der Waals surface area (Å²) in [6, 6.07) is 13.1. The van der Waals surface area contributed by atoms with Gasteiger partial charge in [-0.2, -0.15) is 5.26 Å². The molecular weight excluding hydrogens is 326 g/mol. The minimum atomic E-state index is 0.608. The minimum absolute atomic E-state index is 0.608. The van der Waals surface area contributed by atoms with Crippen molar-refractivity contribution in [2.75, 3.05) is 0 Å². The van der Waals surface area contributed by atoms with Crippen LogP contribution in [0.15, 0.2) is 40.9 Å². The number of aromatic nitrogens is 2. The molecular formula is C14H7BrClN3. The van der Waals surface area contributed by atoms with Gasteiger partial charge in [0.2, 0.25) is 0 Å². The van der Waals surface area contributed by atoms with Crippen molar-refractivity contribution in [2.45, 2.75) is 0 Å². The van der Waals surface area contributed by atoms with Crippen LogP contribution in [-0.2, 0) is 0 Å². The molecule has 3 rings (SSSR count). The first-order chi connectivity index (χ1) is 9.17. The van der Waals surface area contributed by atoms with Gasteiger partial charge in [-0.1, -0.05) is 17.7 Å². The van der Waals surface area contributed by atoms with Crippen LogP contribution < -0.4 is 0 Å². The SMILES string of the molecule is N#Cc1ccc2nc(-c3ccc(Br)c(Cl)c3)[nH]c2c1. The van der Waals surface area contributed by atoms with E-state index in [1.165, 1.54) is 0 Å². The fourth-order valence-electron chi connectivity index (χ4n) is 1.86. The van der Waals surface area contributed by atoms with E-state index in [1.54, 1.807) is 12.1 Å². The zero-order chi connectivity index (χ0) is 13.4. The first kappa shape index (κ1) is 12.2. The van der Waals surface area contributed by atoms with Crippen LogP contribution in [0.3, 0.4) is 0 Å². The number of aromatic amines is 1. The number of nitriles is 1. The van der Waals surface area contributed by atoms with Crippen LogP contribution in [0.4, 0.5) is 0 Å². The van der Waals surface area contributed by atoms with Crippen molar-refractivity contribution in [3.05, 3.63) is 51.5 Å². The van der Waals surface area contributed by atoms with Crippen LogP contribution in [0.2, 0.25) is 5.02 Å². The minimum Gasteiger partial charge on any atom is -0.338 e. The summed E-state index contributed by atoms with van der Waals surface area (Å²) in [6.45, 7) is 0. The molecule has 3 nitrogen and oxygen atoms in total. The third-order valence-corrected chi connectivity index (χ3v) is 4.04. The molecule has 0 unspecified atom stereocenters. The van der Waals surface area contributed by atoms with Gasteiger partial charge in [-0.15, -0.1) is 0 Å². The Morgan fingerprint density at radius 1 is 1.21 bits per heavy atom. The van der Waals surface area contributed by atoms with Crippen LogP contribution in [0, 0.1) is 11.3 Å². The van der Waals surface area contributed by atoms with Gasteiger partial charge in [0.15, 0.2) is 0 Å². The van der Waals surface area contributed by atoms with E-state index in [9.17, 15) is 0 Å². The number of nitrogens with zero attached hydrogens (tertiary/aromatic N) is 2. The van der Waals surface area contributed by atoms with Crippen LogP contribution in [-0.4, -0.2) is 9.97 Å². The van der Waals surface area contributed by atoms with E-state index in [-0.39, 0.29) is 0 Å². The summed E-state index contributed by atoms with van der Waals surface area (Å²) in [5.41, 5.74) is 3.18. The van der Waals surface area contributed by atoms with Gasteiger partial charge in [-0.25, -0.2) is 4.98 Å². The lowest BCUT2D eigenvalue weighted by Crippen LogP contribution is -1.80. The van der Waals surface area contributed by atoms with Gasteiger partial charge >= 0.3 is 0 Å². The zero-order valence-corrected chi connectivity index (χ0v) is 12.0. The molecule has 0 spiro atoms. The standard InChI is InChI=1S/C14H7BrClN3/c15-10-3-2-9(6-11(10)16)14-18-12-4-1-8(7-17)5-13(12)19-14/h1-6H,(H,18,19). The van der Waals surface area contributed by atoms with E-state index in [0.29, 0.717) is 10.6 Å². The van der Waals surface area contributed by atoms with Gasteiger partial charge in [0.25, 0.3) is 0 Å². The Labute approximate surface area is 123 Å². The molecule has 0 aliphatic rings. The van der Waals surface area contributed by atoms with Crippen molar-refractivity contribution in [3.63, 3.8) is 0 Å². The summed E-state index contributed by atoms with van der Waals surface area (Å²) in [7, 11) is 0. The molecule has 1 heterocycles. The third kappa shape index (κ3) is 2.23. The number of imidazole rings is 1. The quantitative estimate of drug-likeness (QED) is 0.712. The molecule has 0 fully saturated rings. The van der Waals surface area contributed by atoms with Crippen molar-refractivity contribution >= 4 is 38.6 Å². The average molecular weight is 333 g/mol. The molecule has 0 bridgehead atoms. The molecule has 1 aromatic heterocycles. The van der Waals surface area contributed by atoms with Crippen molar-refractivity contribution < 1.29 is 0 Å². The molecule has 0 amide bonds. The van der Waals surface area contributed by atoms with E-state index in [1.807, 2.05) is 24.3 Å². The molecule has 0 atom stereocenters. The number of hydrogen-bond donors (Lipinski definition) is 1. The number of benzene rings is 2. The molecule has 0 radical (unpaired) electrons. The fraction of sp³-hybridized carbons (Fsp3) is 0.